The molecule has 0 aliphatic carbocycles. The summed E-state index contributed by atoms with van der Waals surface area (Å²) in [4.78, 5) is 0. The van der Waals surface area contributed by atoms with Crippen molar-refractivity contribution < 1.29 is 13.2 Å². The molecule has 2 rings (SSSR count). The molecule has 0 aliphatic rings. The smallest absolute Gasteiger partial charge is 0.325 e. The Labute approximate surface area is 102 Å². The second kappa shape index (κ2) is 3.94. The third-order valence-corrected chi connectivity index (χ3v) is 2.41. The third kappa shape index (κ3) is 2.61. The molecule has 4 nitrogen and oxygen atoms in total. The van der Waals surface area contributed by atoms with Crippen molar-refractivity contribution >= 4 is 5.65 Å². The molecule has 0 aliphatic heterocycles. The van der Waals surface area contributed by atoms with Crippen LogP contribution in [0.4, 0.5) is 13.2 Å². The zero-order valence-electron chi connectivity index (χ0n) is 9.99. The predicted molar refractivity (Wildman–Crippen MR) is 60.0 cm³/mol. The molecule has 0 spiro atoms. The van der Waals surface area contributed by atoms with Gasteiger partial charge in [0.25, 0.3) is 0 Å². The molecular formula is C11H13F3N4. The predicted octanol–water partition coefficient (Wildman–Crippen LogP) is 2.03. The highest BCUT2D eigenvalue weighted by atomic mass is 19.4. The maximum Gasteiger partial charge on any atom is 0.417 e. The van der Waals surface area contributed by atoms with Crippen molar-refractivity contribution in [2.24, 2.45) is 5.73 Å². The number of pyridine rings is 1. The lowest BCUT2D eigenvalue weighted by Gasteiger charge is -2.16. The molecule has 2 N–H and O–H groups in total. The minimum Gasteiger partial charge on any atom is -0.325 e. The largest absolute Gasteiger partial charge is 0.417 e. The van der Waals surface area contributed by atoms with Crippen LogP contribution in [0.2, 0.25) is 0 Å². The van der Waals surface area contributed by atoms with Gasteiger partial charge in [0.2, 0.25) is 0 Å². The second-order valence-corrected chi connectivity index (χ2v) is 4.93. The molecule has 2 heterocycles. The minimum atomic E-state index is -4.38. The molecule has 7 heteroatoms. The minimum absolute atomic E-state index is 0.343. The van der Waals surface area contributed by atoms with E-state index in [0.29, 0.717) is 17.9 Å². The van der Waals surface area contributed by atoms with Gasteiger partial charge in [0.1, 0.15) is 5.82 Å². The van der Waals surface area contributed by atoms with Gasteiger partial charge in [-0.15, -0.1) is 10.2 Å². The third-order valence-electron chi connectivity index (χ3n) is 2.41. The van der Waals surface area contributed by atoms with Crippen LogP contribution in [0, 0.1) is 0 Å². The highest BCUT2D eigenvalue weighted by Crippen LogP contribution is 2.29. The maximum absolute atomic E-state index is 12.6. The van der Waals surface area contributed by atoms with Crippen molar-refractivity contribution in [3.05, 3.63) is 29.7 Å². The number of hydrogen-bond acceptors (Lipinski definition) is 3. The Hall–Kier alpha value is -1.63. The molecule has 0 amide bonds. The lowest BCUT2D eigenvalue weighted by Crippen LogP contribution is -2.35. The van der Waals surface area contributed by atoms with Crippen molar-refractivity contribution in [3.8, 4) is 0 Å². The van der Waals surface area contributed by atoms with Crippen molar-refractivity contribution in [2.45, 2.75) is 32.0 Å². The number of nitrogens with zero attached hydrogens (tertiary/aromatic N) is 3. The highest BCUT2D eigenvalue weighted by molar-refractivity contribution is 5.40. The van der Waals surface area contributed by atoms with Crippen LogP contribution < -0.4 is 5.73 Å². The number of aromatic nitrogens is 3. The van der Waals surface area contributed by atoms with Crippen LogP contribution in [-0.4, -0.2) is 20.1 Å². The van der Waals surface area contributed by atoms with E-state index in [0.717, 1.165) is 12.3 Å². The summed E-state index contributed by atoms with van der Waals surface area (Å²) in [7, 11) is 0. The molecule has 2 aromatic heterocycles. The fourth-order valence-electron chi connectivity index (χ4n) is 1.63. The molecule has 0 saturated carbocycles. The maximum atomic E-state index is 12.6. The van der Waals surface area contributed by atoms with E-state index < -0.39 is 17.3 Å². The van der Waals surface area contributed by atoms with E-state index in [-0.39, 0.29) is 0 Å². The Balaban J connectivity index is 2.50. The molecule has 2 aromatic rings. The van der Waals surface area contributed by atoms with E-state index >= 15 is 0 Å². The van der Waals surface area contributed by atoms with Crippen LogP contribution in [0.15, 0.2) is 18.3 Å². The monoisotopic (exact) mass is 258 g/mol. The average molecular weight is 258 g/mol. The first-order chi connectivity index (χ1) is 8.17. The van der Waals surface area contributed by atoms with Crippen molar-refractivity contribution in [3.63, 3.8) is 0 Å². The number of alkyl halides is 3. The van der Waals surface area contributed by atoms with E-state index in [9.17, 15) is 13.2 Å². The Morgan fingerprint density at radius 3 is 2.44 bits per heavy atom. The van der Waals surface area contributed by atoms with E-state index in [1.54, 1.807) is 13.8 Å². The Bertz CT molecular complexity index is 566. The van der Waals surface area contributed by atoms with Gasteiger partial charge in [-0.25, -0.2) is 0 Å². The summed E-state index contributed by atoms with van der Waals surface area (Å²) in [6.07, 6.45) is -3.04. The van der Waals surface area contributed by atoms with Gasteiger partial charge < -0.3 is 5.73 Å². The van der Waals surface area contributed by atoms with Gasteiger partial charge in [-0.1, -0.05) is 0 Å². The highest BCUT2D eigenvalue weighted by Gasteiger charge is 2.31. The standard InChI is InChI=1S/C11H13F3N4/c1-10(2,15)5-9-17-16-8-4-3-7(6-18(8)9)11(12,13)14/h3-4,6H,5,15H2,1-2H3. The first-order valence-electron chi connectivity index (χ1n) is 5.36. The van der Waals surface area contributed by atoms with Crippen LogP contribution in [0.3, 0.4) is 0 Å². The van der Waals surface area contributed by atoms with Crippen LogP contribution in [0.5, 0.6) is 0 Å². The van der Waals surface area contributed by atoms with Gasteiger partial charge >= 0.3 is 6.18 Å². The molecule has 0 radical (unpaired) electrons. The first-order valence-corrected chi connectivity index (χ1v) is 5.36. The van der Waals surface area contributed by atoms with Gasteiger partial charge in [-0.2, -0.15) is 13.2 Å². The van der Waals surface area contributed by atoms with Gasteiger partial charge in [0.15, 0.2) is 5.65 Å². The molecule has 0 saturated heterocycles. The number of halogens is 3. The number of nitrogens with two attached hydrogens (primary N) is 1. The van der Waals surface area contributed by atoms with Crippen LogP contribution in [-0.2, 0) is 12.6 Å². The van der Waals surface area contributed by atoms with Gasteiger partial charge in [-0.05, 0) is 26.0 Å². The normalized spacial score (nSPS) is 13.2. The molecule has 98 valence electrons. The molecule has 0 aromatic carbocycles. The van der Waals surface area contributed by atoms with Gasteiger partial charge in [0, 0.05) is 18.2 Å². The van der Waals surface area contributed by atoms with E-state index in [1.807, 2.05) is 0 Å². The van der Waals surface area contributed by atoms with Gasteiger partial charge in [-0.3, -0.25) is 4.40 Å². The summed E-state index contributed by atoms with van der Waals surface area (Å²) in [5.41, 5.74) is 4.93. The summed E-state index contributed by atoms with van der Waals surface area (Å²) >= 11 is 0. The Morgan fingerprint density at radius 2 is 1.89 bits per heavy atom. The molecular weight excluding hydrogens is 245 g/mol. The Morgan fingerprint density at radius 1 is 1.22 bits per heavy atom. The van der Waals surface area contributed by atoms with Crippen LogP contribution in [0.25, 0.3) is 5.65 Å². The number of rotatable bonds is 2. The average Bonchev–Trinajstić information content (AvgIpc) is 2.57. The van der Waals surface area contributed by atoms with E-state index in [2.05, 4.69) is 10.2 Å². The molecule has 0 unspecified atom stereocenters. The molecule has 0 fully saturated rings. The zero-order chi connectivity index (χ0) is 13.6. The molecule has 0 bridgehead atoms. The molecule has 0 atom stereocenters. The van der Waals surface area contributed by atoms with E-state index in [4.69, 9.17) is 5.73 Å². The topological polar surface area (TPSA) is 56.2 Å². The van der Waals surface area contributed by atoms with Crippen LogP contribution in [0.1, 0.15) is 25.2 Å². The van der Waals surface area contributed by atoms with Gasteiger partial charge in [0.05, 0.1) is 5.56 Å². The summed E-state index contributed by atoms with van der Waals surface area (Å²) < 4.78 is 39.2. The fourth-order valence-corrected chi connectivity index (χ4v) is 1.63. The van der Waals surface area contributed by atoms with Crippen LogP contribution >= 0.6 is 0 Å². The number of fused-ring (bicyclic) bond motifs is 1. The first kappa shape index (κ1) is 12.8. The quantitative estimate of drug-likeness (QED) is 0.896. The SMILES string of the molecule is CC(C)(N)Cc1nnc2ccc(C(F)(F)F)cn12. The summed E-state index contributed by atoms with van der Waals surface area (Å²) in [5, 5.41) is 7.69. The summed E-state index contributed by atoms with van der Waals surface area (Å²) in [6.45, 7) is 3.56. The van der Waals surface area contributed by atoms with Crippen molar-refractivity contribution in [1.29, 1.82) is 0 Å². The molecule has 18 heavy (non-hydrogen) atoms. The van der Waals surface area contributed by atoms with Crippen molar-refractivity contribution in [2.75, 3.05) is 0 Å². The second-order valence-electron chi connectivity index (χ2n) is 4.93. The summed E-state index contributed by atoms with van der Waals surface area (Å²) in [5.74, 6) is 0.420. The fraction of sp³-hybridized carbons (Fsp3) is 0.455. The lowest BCUT2D eigenvalue weighted by molar-refractivity contribution is -0.137. The van der Waals surface area contributed by atoms with E-state index in [1.165, 1.54) is 10.5 Å². The Kier molecular flexibility index (Phi) is 2.81. The number of hydrogen-bond donors (Lipinski definition) is 1. The van der Waals surface area contributed by atoms with Crippen molar-refractivity contribution in [1.82, 2.24) is 14.6 Å². The summed E-state index contributed by atoms with van der Waals surface area (Å²) in [6, 6.07) is 2.28. The zero-order valence-corrected chi connectivity index (χ0v) is 9.99. The lowest BCUT2D eigenvalue weighted by atomic mass is 10.0.